The Labute approximate surface area is 85.6 Å². The maximum atomic E-state index is 11.5. The van der Waals surface area contributed by atoms with Gasteiger partial charge in [0.2, 0.25) is 0 Å². The molecule has 0 aromatic heterocycles. The summed E-state index contributed by atoms with van der Waals surface area (Å²) in [6, 6.07) is 0. The molecule has 0 radical (unpaired) electrons. The number of hydrogen-bond donors (Lipinski definition) is 1. The van der Waals surface area contributed by atoms with Crippen molar-refractivity contribution in [3.63, 3.8) is 0 Å². The summed E-state index contributed by atoms with van der Waals surface area (Å²) in [5, 5.41) is 3.20. The van der Waals surface area contributed by atoms with Crippen molar-refractivity contribution in [3.05, 3.63) is 0 Å². The molecule has 1 amide bonds. The standard InChI is InChI=1S/C10H20N2O2/c1-3-9(2)8-14-10(13)12-6-4-11-5-7-12/h9,11H,3-8H2,1-2H3/t9-/m0/s1. The molecule has 0 aromatic rings. The number of ether oxygens (including phenoxy) is 1. The summed E-state index contributed by atoms with van der Waals surface area (Å²) in [5.41, 5.74) is 0. The van der Waals surface area contributed by atoms with E-state index in [9.17, 15) is 4.79 Å². The van der Waals surface area contributed by atoms with E-state index in [1.807, 2.05) is 0 Å². The van der Waals surface area contributed by atoms with Crippen LogP contribution in [0.3, 0.4) is 0 Å². The summed E-state index contributed by atoms with van der Waals surface area (Å²) in [5.74, 6) is 0.460. The van der Waals surface area contributed by atoms with Crippen molar-refractivity contribution in [2.24, 2.45) is 5.92 Å². The molecule has 82 valence electrons. The fourth-order valence-corrected chi connectivity index (χ4v) is 1.27. The highest BCUT2D eigenvalue weighted by atomic mass is 16.6. The van der Waals surface area contributed by atoms with Gasteiger partial charge >= 0.3 is 6.09 Å². The minimum atomic E-state index is -0.160. The lowest BCUT2D eigenvalue weighted by molar-refractivity contribution is 0.0853. The lowest BCUT2D eigenvalue weighted by Crippen LogP contribution is -2.46. The smallest absolute Gasteiger partial charge is 0.409 e. The number of carbonyl (C=O) groups excluding carboxylic acids is 1. The lowest BCUT2D eigenvalue weighted by atomic mass is 10.1. The molecule has 1 saturated heterocycles. The molecule has 1 rings (SSSR count). The van der Waals surface area contributed by atoms with Crippen LogP contribution in [0.15, 0.2) is 0 Å². The van der Waals surface area contributed by atoms with Crippen molar-refractivity contribution in [3.8, 4) is 0 Å². The number of carbonyl (C=O) groups is 1. The molecular weight excluding hydrogens is 180 g/mol. The van der Waals surface area contributed by atoms with Crippen molar-refractivity contribution in [1.82, 2.24) is 10.2 Å². The third-order valence-electron chi connectivity index (χ3n) is 2.56. The van der Waals surface area contributed by atoms with Gasteiger partial charge in [0.15, 0.2) is 0 Å². The Balaban J connectivity index is 2.19. The van der Waals surface area contributed by atoms with Crippen LogP contribution in [0.2, 0.25) is 0 Å². The minimum absolute atomic E-state index is 0.160. The van der Waals surface area contributed by atoms with Crippen LogP contribution >= 0.6 is 0 Å². The number of piperazine rings is 1. The summed E-state index contributed by atoms with van der Waals surface area (Å²) < 4.78 is 5.19. The van der Waals surface area contributed by atoms with Gasteiger partial charge in [0, 0.05) is 26.2 Å². The van der Waals surface area contributed by atoms with Gasteiger partial charge in [-0.2, -0.15) is 0 Å². The predicted molar refractivity (Wildman–Crippen MR) is 55.2 cm³/mol. The summed E-state index contributed by atoms with van der Waals surface area (Å²) in [6.45, 7) is 8.00. The Morgan fingerprint density at radius 3 is 2.71 bits per heavy atom. The monoisotopic (exact) mass is 200 g/mol. The fourth-order valence-electron chi connectivity index (χ4n) is 1.27. The SMILES string of the molecule is CC[C@H](C)COC(=O)N1CCNCC1. The molecule has 1 atom stereocenters. The quantitative estimate of drug-likeness (QED) is 0.741. The maximum Gasteiger partial charge on any atom is 0.409 e. The first-order valence-corrected chi connectivity index (χ1v) is 5.36. The average Bonchev–Trinajstić information content (AvgIpc) is 2.26. The maximum absolute atomic E-state index is 11.5. The second-order valence-corrected chi connectivity index (χ2v) is 3.83. The molecule has 0 aliphatic carbocycles. The van der Waals surface area contributed by atoms with Gasteiger partial charge in [0.25, 0.3) is 0 Å². The van der Waals surface area contributed by atoms with Gasteiger partial charge in [0.1, 0.15) is 0 Å². The van der Waals surface area contributed by atoms with Gasteiger partial charge in [-0.3, -0.25) is 0 Å². The van der Waals surface area contributed by atoms with Gasteiger partial charge in [0.05, 0.1) is 6.61 Å². The molecule has 0 bridgehead atoms. The molecule has 1 heterocycles. The largest absolute Gasteiger partial charge is 0.449 e. The summed E-state index contributed by atoms with van der Waals surface area (Å²) in [7, 11) is 0. The Hall–Kier alpha value is -0.770. The van der Waals surface area contributed by atoms with Crippen molar-refractivity contribution in [2.45, 2.75) is 20.3 Å². The first-order chi connectivity index (χ1) is 6.74. The molecule has 4 heteroatoms. The first kappa shape index (κ1) is 11.3. The molecule has 0 saturated carbocycles. The van der Waals surface area contributed by atoms with Crippen LogP contribution in [0, 0.1) is 5.92 Å². The molecule has 1 aliphatic heterocycles. The molecule has 0 unspecified atom stereocenters. The zero-order valence-corrected chi connectivity index (χ0v) is 9.08. The van der Waals surface area contributed by atoms with Crippen LogP contribution in [0.25, 0.3) is 0 Å². The van der Waals surface area contributed by atoms with Gasteiger partial charge in [-0.15, -0.1) is 0 Å². The second-order valence-electron chi connectivity index (χ2n) is 3.83. The van der Waals surface area contributed by atoms with E-state index in [0.29, 0.717) is 12.5 Å². The first-order valence-electron chi connectivity index (χ1n) is 5.36. The van der Waals surface area contributed by atoms with Gasteiger partial charge in [-0.1, -0.05) is 20.3 Å². The van der Waals surface area contributed by atoms with E-state index in [0.717, 1.165) is 32.6 Å². The highest BCUT2D eigenvalue weighted by Gasteiger charge is 2.17. The van der Waals surface area contributed by atoms with Crippen LogP contribution in [0.1, 0.15) is 20.3 Å². The van der Waals surface area contributed by atoms with E-state index >= 15 is 0 Å². The third-order valence-corrected chi connectivity index (χ3v) is 2.56. The van der Waals surface area contributed by atoms with E-state index in [-0.39, 0.29) is 6.09 Å². The van der Waals surface area contributed by atoms with E-state index < -0.39 is 0 Å². The molecule has 0 spiro atoms. The molecule has 4 nitrogen and oxygen atoms in total. The Morgan fingerprint density at radius 2 is 2.14 bits per heavy atom. The highest BCUT2D eigenvalue weighted by Crippen LogP contribution is 2.03. The van der Waals surface area contributed by atoms with Crippen molar-refractivity contribution in [1.29, 1.82) is 0 Å². The van der Waals surface area contributed by atoms with Crippen molar-refractivity contribution >= 4 is 6.09 Å². The van der Waals surface area contributed by atoms with Crippen molar-refractivity contribution in [2.75, 3.05) is 32.8 Å². The lowest BCUT2D eigenvalue weighted by Gasteiger charge is -2.27. The van der Waals surface area contributed by atoms with E-state index in [1.54, 1.807) is 4.90 Å². The molecule has 14 heavy (non-hydrogen) atoms. The third kappa shape index (κ3) is 3.54. The minimum Gasteiger partial charge on any atom is -0.449 e. The average molecular weight is 200 g/mol. The van der Waals surface area contributed by atoms with Crippen LogP contribution in [-0.4, -0.2) is 43.8 Å². The number of hydrogen-bond acceptors (Lipinski definition) is 3. The number of nitrogens with zero attached hydrogens (tertiary/aromatic N) is 1. The van der Waals surface area contributed by atoms with Crippen LogP contribution in [0.5, 0.6) is 0 Å². The summed E-state index contributed by atoms with van der Waals surface area (Å²) in [4.78, 5) is 13.3. The van der Waals surface area contributed by atoms with E-state index in [2.05, 4.69) is 19.2 Å². The molecule has 1 fully saturated rings. The van der Waals surface area contributed by atoms with Crippen LogP contribution < -0.4 is 5.32 Å². The summed E-state index contributed by atoms with van der Waals surface area (Å²) in [6.07, 6.45) is 0.890. The molecular formula is C10H20N2O2. The number of nitrogens with one attached hydrogen (secondary N) is 1. The van der Waals surface area contributed by atoms with E-state index in [1.165, 1.54) is 0 Å². The number of rotatable bonds is 3. The highest BCUT2D eigenvalue weighted by molar-refractivity contribution is 5.67. The van der Waals surface area contributed by atoms with E-state index in [4.69, 9.17) is 4.74 Å². The molecule has 0 aromatic carbocycles. The Morgan fingerprint density at radius 1 is 1.50 bits per heavy atom. The van der Waals surface area contributed by atoms with Crippen LogP contribution in [0.4, 0.5) is 4.79 Å². The molecule has 1 N–H and O–H groups in total. The zero-order chi connectivity index (χ0) is 10.4. The fraction of sp³-hybridized carbons (Fsp3) is 0.900. The Bertz CT molecular complexity index is 179. The molecule has 1 aliphatic rings. The van der Waals surface area contributed by atoms with Gasteiger partial charge in [-0.05, 0) is 5.92 Å². The second kappa shape index (κ2) is 5.86. The zero-order valence-electron chi connectivity index (χ0n) is 9.08. The summed E-state index contributed by atoms with van der Waals surface area (Å²) >= 11 is 0. The topological polar surface area (TPSA) is 41.6 Å². The van der Waals surface area contributed by atoms with Gasteiger partial charge < -0.3 is 15.0 Å². The Kier molecular flexibility index (Phi) is 4.73. The van der Waals surface area contributed by atoms with Gasteiger partial charge in [-0.25, -0.2) is 4.79 Å². The van der Waals surface area contributed by atoms with Crippen molar-refractivity contribution < 1.29 is 9.53 Å². The van der Waals surface area contributed by atoms with Crippen LogP contribution in [-0.2, 0) is 4.74 Å². The number of amides is 1. The predicted octanol–water partition coefficient (Wildman–Crippen LogP) is 1.07. The normalized spacial score (nSPS) is 19.1.